The summed E-state index contributed by atoms with van der Waals surface area (Å²) in [5, 5.41) is 11.1. The summed E-state index contributed by atoms with van der Waals surface area (Å²) in [4.78, 5) is 21.6. The molecule has 20 heavy (non-hydrogen) atoms. The molecule has 0 spiro atoms. The highest BCUT2D eigenvalue weighted by Crippen LogP contribution is 2.24. The Kier molecular flexibility index (Phi) is 5.06. The van der Waals surface area contributed by atoms with Crippen LogP contribution in [-0.2, 0) is 14.8 Å². The first-order valence-electron chi connectivity index (χ1n) is 5.43. The van der Waals surface area contributed by atoms with Crippen LogP contribution in [0.4, 0.5) is 0 Å². The Morgan fingerprint density at radius 2 is 2.00 bits per heavy atom. The number of carbonyl (C=O) groups excluding carboxylic acids is 1. The first kappa shape index (κ1) is 15.9. The predicted octanol–water partition coefficient (Wildman–Crippen LogP) is -0.582. The van der Waals surface area contributed by atoms with Gasteiger partial charge in [-0.3, -0.25) is 4.79 Å². The first-order valence-corrected chi connectivity index (χ1v) is 6.91. The molecule has 0 aromatic heterocycles. The van der Waals surface area contributed by atoms with Crippen LogP contribution in [0.3, 0.4) is 0 Å². The minimum Gasteiger partial charge on any atom is -0.495 e. The number of carboxylic acid groups (broad SMARTS) is 1. The number of amides is 1. The van der Waals surface area contributed by atoms with Crippen molar-refractivity contribution in [1.29, 1.82) is 0 Å². The van der Waals surface area contributed by atoms with Gasteiger partial charge in [-0.05, 0) is 18.2 Å². The fourth-order valence-electron chi connectivity index (χ4n) is 1.35. The molecule has 0 unspecified atom stereocenters. The minimum atomic E-state index is -3.98. The van der Waals surface area contributed by atoms with E-state index in [4.69, 9.17) is 9.84 Å². The van der Waals surface area contributed by atoms with E-state index in [1.165, 1.54) is 14.2 Å². The van der Waals surface area contributed by atoms with E-state index in [9.17, 15) is 18.0 Å². The van der Waals surface area contributed by atoms with Crippen LogP contribution in [0.25, 0.3) is 0 Å². The number of rotatable bonds is 6. The van der Waals surface area contributed by atoms with Gasteiger partial charge in [0.2, 0.25) is 15.9 Å². The van der Waals surface area contributed by atoms with E-state index in [-0.39, 0.29) is 16.2 Å². The quantitative estimate of drug-likeness (QED) is 0.646. The lowest BCUT2D eigenvalue weighted by atomic mass is 10.2. The average molecular weight is 302 g/mol. The Morgan fingerprint density at radius 3 is 2.50 bits per heavy atom. The number of likely N-dealkylation sites (N-methyl/N-ethyl adjacent to an activating group) is 1. The van der Waals surface area contributed by atoms with Crippen molar-refractivity contribution in [2.45, 2.75) is 4.90 Å². The highest BCUT2D eigenvalue weighted by molar-refractivity contribution is 7.89. The molecule has 0 saturated heterocycles. The highest BCUT2D eigenvalue weighted by Gasteiger charge is 2.21. The number of aromatic carboxylic acids is 1. The molecular weight excluding hydrogens is 288 g/mol. The number of sulfonamides is 1. The fourth-order valence-corrected chi connectivity index (χ4v) is 2.48. The minimum absolute atomic E-state index is 0.105. The van der Waals surface area contributed by atoms with Crippen LogP contribution < -0.4 is 14.8 Å². The Labute approximate surface area is 115 Å². The van der Waals surface area contributed by atoms with Gasteiger partial charge in [0, 0.05) is 7.05 Å². The molecule has 1 aromatic rings. The second kappa shape index (κ2) is 6.35. The third-order valence-corrected chi connectivity index (χ3v) is 3.84. The number of carboxylic acids is 1. The van der Waals surface area contributed by atoms with E-state index in [0.717, 1.165) is 18.2 Å². The van der Waals surface area contributed by atoms with Crippen molar-refractivity contribution >= 4 is 21.9 Å². The van der Waals surface area contributed by atoms with Gasteiger partial charge in [0.15, 0.2) is 0 Å². The van der Waals surface area contributed by atoms with Gasteiger partial charge < -0.3 is 15.2 Å². The largest absolute Gasteiger partial charge is 0.495 e. The van der Waals surface area contributed by atoms with Crippen LogP contribution in [-0.4, -0.2) is 46.1 Å². The lowest BCUT2D eigenvalue weighted by Gasteiger charge is -2.11. The van der Waals surface area contributed by atoms with Crippen molar-refractivity contribution in [2.75, 3.05) is 20.7 Å². The van der Waals surface area contributed by atoms with Crippen molar-refractivity contribution in [1.82, 2.24) is 10.0 Å². The number of ether oxygens (including phenoxy) is 1. The van der Waals surface area contributed by atoms with Gasteiger partial charge in [-0.25, -0.2) is 17.9 Å². The van der Waals surface area contributed by atoms with Crippen molar-refractivity contribution in [3.8, 4) is 5.75 Å². The van der Waals surface area contributed by atoms with E-state index in [1.807, 2.05) is 0 Å². The van der Waals surface area contributed by atoms with Crippen LogP contribution >= 0.6 is 0 Å². The molecule has 0 aliphatic heterocycles. The summed E-state index contributed by atoms with van der Waals surface area (Å²) in [6.07, 6.45) is 0. The zero-order valence-electron chi connectivity index (χ0n) is 10.8. The Morgan fingerprint density at radius 1 is 1.35 bits per heavy atom. The summed E-state index contributed by atoms with van der Waals surface area (Å²) in [6, 6.07) is 3.34. The van der Waals surface area contributed by atoms with E-state index >= 15 is 0 Å². The van der Waals surface area contributed by atoms with Gasteiger partial charge in [-0.2, -0.15) is 0 Å². The smallest absolute Gasteiger partial charge is 0.335 e. The fraction of sp³-hybridized carbons (Fsp3) is 0.273. The maximum Gasteiger partial charge on any atom is 0.335 e. The highest BCUT2D eigenvalue weighted by atomic mass is 32.2. The van der Waals surface area contributed by atoms with Gasteiger partial charge in [0.25, 0.3) is 0 Å². The maximum atomic E-state index is 12.0. The molecule has 3 N–H and O–H groups in total. The molecule has 0 fully saturated rings. The molecule has 0 saturated carbocycles. The lowest BCUT2D eigenvalue weighted by Crippen LogP contribution is -2.35. The second-order valence-corrected chi connectivity index (χ2v) is 5.40. The third kappa shape index (κ3) is 3.68. The Balaban J connectivity index is 3.11. The number of hydrogen-bond acceptors (Lipinski definition) is 5. The van der Waals surface area contributed by atoms with E-state index in [1.54, 1.807) is 0 Å². The average Bonchev–Trinajstić information content (AvgIpc) is 2.43. The number of hydrogen-bond donors (Lipinski definition) is 3. The van der Waals surface area contributed by atoms with Gasteiger partial charge >= 0.3 is 5.97 Å². The Bertz CT molecular complexity index is 626. The molecule has 110 valence electrons. The van der Waals surface area contributed by atoms with Crippen molar-refractivity contribution in [3.05, 3.63) is 23.8 Å². The maximum absolute atomic E-state index is 12.0. The standard InChI is InChI=1S/C11H14N2O6S/c1-12-10(14)6-13-20(17,18)9-4-3-7(11(15)16)5-8(9)19-2/h3-5,13H,6H2,1-2H3,(H,12,14)(H,15,16). The number of carbonyl (C=O) groups is 2. The molecule has 1 amide bonds. The summed E-state index contributed by atoms with van der Waals surface area (Å²) >= 11 is 0. The van der Waals surface area contributed by atoms with Gasteiger partial charge in [0.1, 0.15) is 10.6 Å². The monoisotopic (exact) mass is 302 g/mol. The molecule has 0 bridgehead atoms. The zero-order valence-corrected chi connectivity index (χ0v) is 11.7. The summed E-state index contributed by atoms with van der Waals surface area (Å²) in [7, 11) is -1.38. The molecule has 0 aliphatic carbocycles. The topological polar surface area (TPSA) is 122 Å². The Hall–Kier alpha value is -2.13. The normalized spacial score (nSPS) is 10.9. The van der Waals surface area contributed by atoms with Gasteiger partial charge in [0.05, 0.1) is 19.2 Å². The summed E-state index contributed by atoms with van der Waals surface area (Å²) in [6.45, 7) is -0.428. The van der Waals surface area contributed by atoms with Crippen LogP contribution in [0.2, 0.25) is 0 Å². The zero-order chi connectivity index (χ0) is 15.3. The van der Waals surface area contributed by atoms with Crippen molar-refractivity contribution < 1.29 is 27.9 Å². The summed E-state index contributed by atoms with van der Waals surface area (Å²) < 4.78 is 30.9. The van der Waals surface area contributed by atoms with Crippen LogP contribution in [0.15, 0.2) is 23.1 Å². The molecule has 0 radical (unpaired) electrons. The molecule has 8 nitrogen and oxygen atoms in total. The van der Waals surface area contributed by atoms with E-state index in [2.05, 4.69) is 10.0 Å². The van der Waals surface area contributed by atoms with Crippen molar-refractivity contribution in [3.63, 3.8) is 0 Å². The van der Waals surface area contributed by atoms with Crippen LogP contribution in [0.1, 0.15) is 10.4 Å². The van der Waals surface area contributed by atoms with Gasteiger partial charge in [-0.1, -0.05) is 0 Å². The lowest BCUT2D eigenvalue weighted by molar-refractivity contribution is -0.119. The molecule has 1 aromatic carbocycles. The number of methoxy groups -OCH3 is 1. The van der Waals surface area contributed by atoms with E-state index in [0.29, 0.717) is 0 Å². The van der Waals surface area contributed by atoms with Gasteiger partial charge in [-0.15, -0.1) is 0 Å². The molecular formula is C11H14N2O6S. The second-order valence-electron chi connectivity index (χ2n) is 3.67. The van der Waals surface area contributed by atoms with E-state index < -0.39 is 28.4 Å². The van der Waals surface area contributed by atoms with Crippen LogP contribution in [0.5, 0.6) is 5.75 Å². The first-order chi connectivity index (χ1) is 9.31. The summed E-state index contributed by atoms with van der Waals surface area (Å²) in [5.41, 5.74) is -0.105. The molecule has 9 heteroatoms. The number of benzene rings is 1. The number of nitrogens with one attached hydrogen (secondary N) is 2. The SMILES string of the molecule is CNC(=O)CNS(=O)(=O)c1ccc(C(=O)O)cc1OC. The summed E-state index contributed by atoms with van der Waals surface area (Å²) in [5.74, 6) is -1.82. The van der Waals surface area contributed by atoms with Crippen LogP contribution in [0, 0.1) is 0 Å². The predicted molar refractivity (Wildman–Crippen MR) is 69.2 cm³/mol. The molecule has 0 heterocycles. The molecule has 1 rings (SSSR count). The van der Waals surface area contributed by atoms with Crippen molar-refractivity contribution in [2.24, 2.45) is 0 Å². The third-order valence-electron chi connectivity index (χ3n) is 2.40. The molecule has 0 aliphatic rings. The molecule has 0 atom stereocenters.